The number of amides is 2. The van der Waals surface area contributed by atoms with Crippen LogP contribution in [0.2, 0.25) is 0 Å². The molecule has 1 saturated heterocycles. The summed E-state index contributed by atoms with van der Waals surface area (Å²) in [5.41, 5.74) is 2.59. The average Bonchev–Trinajstić information content (AvgIpc) is 3.09. The second-order valence-electron chi connectivity index (χ2n) is 6.45. The fraction of sp³-hybridized carbons (Fsp3) is 0.286. The molecule has 0 saturated carbocycles. The number of rotatable bonds is 6. The molecule has 0 aliphatic carbocycles. The number of aryl methyl sites for hydroxylation is 1. The van der Waals surface area contributed by atoms with Crippen molar-refractivity contribution >= 4 is 29.2 Å². The molecule has 2 aromatic carbocycles. The Morgan fingerprint density at radius 3 is 2.48 bits per heavy atom. The van der Waals surface area contributed by atoms with Crippen LogP contribution in [-0.2, 0) is 25.5 Å². The first-order chi connectivity index (χ1) is 13.1. The van der Waals surface area contributed by atoms with Crippen LogP contribution in [0.25, 0.3) is 0 Å². The molecule has 1 N–H and O–H groups in total. The lowest BCUT2D eigenvalue weighted by atomic mass is 10.1. The number of ether oxygens (including phenoxy) is 1. The quantitative estimate of drug-likeness (QED) is 0.798. The Morgan fingerprint density at radius 2 is 1.81 bits per heavy atom. The Kier molecular flexibility index (Phi) is 5.86. The molecular weight excluding hydrogens is 344 g/mol. The highest BCUT2D eigenvalue weighted by Gasteiger charge is 2.36. The third-order valence-corrected chi connectivity index (χ3v) is 4.52. The van der Waals surface area contributed by atoms with Gasteiger partial charge in [-0.05, 0) is 36.2 Å². The topological polar surface area (TPSA) is 75.7 Å². The van der Waals surface area contributed by atoms with E-state index in [4.69, 9.17) is 4.74 Å². The maximum absolute atomic E-state index is 12.3. The van der Waals surface area contributed by atoms with Gasteiger partial charge in [-0.25, -0.2) is 0 Å². The molecule has 1 atom stereocenters. The highest BCUT2D eigenvalue weighted by atomic mass is 16.5. The number of para-hydroxylation sites is 1. The zero-order valence-electron chi connectivity index (χ0n) is 15.2. The molecule has 0 bridgehead atoms. The van der Waals surface area contributed by atoms with E-state index >= 15 is 0 Å². The van der Waals surface area contributed by atoms with Crippen molar-refractivity contribution in [2.24, 2.45) is 5.92 Å². The molecule has 1 aliphatic rings. The number of benzene rings is 2. The van der Waals surface area contributed by atoms with E-state index in [2.05, 4.69) is 12.2 Å². The Morgan fingerprint density at radius 1 is 1.11 bits per heavy atom. The zero-order chi connectivity index (χ0) is 19.2. The largest absolute Gasteiger partial charge is 0.455 e. The number of nitrogens with one attached hydrogen (secondary N) is 1. The molecule has 6 nitrogen and oxygen atoms in total. The zero-order valence-corrected chi connectivity index (χ0v) is 15.2. The Hall–Kier alpha value is -3.15. The fourth-order valence-electron chi connectivity index (χ4n) is 3.00. The minimum atomic E-state index is -0.562. The standard InChI is InChI=1S/C21H22N2O4/c1-2-15-8-10-18(11-9-15)23-13-16(12-20(23)25)21(26)27-14-19(24)22-17-6-4-3-5-7-17/h3-11,16H,2,12-14H2,1H3,(H,22,24)/t16-/m0/s1. The van der Waals surface area contributed by atoms with Crippen molar-refractivity contribution in [3.63, 3.8) is 0 Å². The number of hydrogen-bond donors (Lipinski definition) is 1. The molecule has 1 fully saturated rings. The highest BCUT2D eigenvalue weighted by Crippen LogP contribution is 2.26. The van der Waals surface area contributed by atoms with Gasteiger partial charge in [0.25, 0.3) is 5.91 Å². The van der Waals surface area contributed by atoms with E-state index in [9.17, 15) is 14.4 Å². The Balaban J connectivity index is 1.51. The minimum Gasteiger partial charge on any atom is -0.455 e. The van der Waals surface area contributed by atoms with Gasteiger partial charge in [-0.3, -0.25) is 14.4 Å². The lowest BCUT2D eigenvalue weighted by Gasteiger charge is -2.17. The molecule has 1 aliphatic heterocycles. The van der Waals surface area contributed by atoms with Gasteiger partial charge in [0.05, 0.1) is 5.92 Å². The van der Waals surface area contributed by atoms with E-state index in [1.54, 1.807) is 29.2 Å². The predicted octanol–water partition coefficient (Wildman–Crippen LogP) is 2.78. The first-order valence-corrected chi connectivity index (χ1v) is 8.97. The third kappa shape index (κ3) is 4.73. The van der Waals surface area contributed by atoms with Gasteiger partial charge >= 0.3 is 5.97 Å². The maximum Gasteiger partial charge on any atom is 0.311 e. The summed E-state index contributed by atoms with van der Waals surface area (Å²) in [5, 5.41) is 2.65. The first-order valence-electron chi connectivity index (χ1n) is 8.97. The van der Waals surface area contributed by atoms with Crippen LogP contribution >= 0.6 is 0 Å². The van der Waals surface area contributed by atoms with Crippen LogP contribution in [0.5, 0.6) is 0 Å². The summed E-state index contributed by atoms with van der Waals surface area (Å²) in [5.74, 6) is -1.62. The van der Waals surface area contributed by atoms with Crippen LogP contribution in [0.4, 0.5) is 11.4 Å². The third-order valence-electron chi connectivity index (χ3n) is 4.52. The summed E-state index contributed by atoms with van der Waals surface area (Å²) in [4.78, 5) is 38.0. The molecule has 6 heteroatoms. The van der Waals surface area contributed by atoms with Gasteiger partial charge in [0.2, 0.25) is 5.91 Å². The predicted molar refractivity (Wildman–Crippen MR) is 102 cm³/mol. The number of carbonyl (C=O) groups excluding carboxylic acids is 3. The van der Waals surface area contributed by atoms with Crippen LogP contribution in [0.1, 0.15) is 18.9 Å². The van der Waals surface area contributed by atoms with Gasteiger partial charge in [-0.2, -0.15) is 0 Å². The van der Waals surface area contributed by atoms with Crippen LogP contribution in [-0.4, -0.2) is 30.9 Å². The van der Waals surface area contributed by atoms with Crippen LogP contribution in [0, 0.1) is 5.92 Å². The van der Waals surface area contributed by atoms with Gasteiger partial charge in [0.15, 0.2) is 6.61 Å². The van der Waals surface area contributed by atoms with Crippen molar-refractivity contribution in [1.29, 1.82) is 0 Å². The lowest BCUT2D eigenvalue weighted by molar-refractivity contribution is -0.151. The highest BCUT2D eigenvalue weighted by molar-refractivity contribution is 6.00. The second kappa shape index (κ2) is 8.49. The summed E-state index contributed by atoms with van der Waals surface area (Å²) < 4.78 is 5.10. The molecular formula is C21H22N2O4. The maximum atomic E-state index is 12.3. The van der Waals surface area contributed by atoms with Crippen LogP contribution in [0.3, 0.4) is 0 Å². The van der Waals surface area contributed by atoms with E-state index in [1.807, 2.05) is 30.3 Å². The van der Waals surface area contributed by atoms with Crippen molar-refractivity contribution in [2.75, 3.05) is 23.4 Å². The minimum absolute atomic E-state index is 0.0919. The van der Waals surface area contributed by atoms with E-state index in [0.717, 1.165) is 12.1 Å². The van der Waals surface area contributed by atoms with Crippen molar-refractivity contribution in [1.82, 2.24) is 0 Å². The van der Waals surface area contributed by atoms with Gasteiger partial charge in [0, 0.05) is 24.3 Å². The van der Waals surface area contributed by atoms with Gasteiger partial charge in [0.1, 0.15) is 0 Å². The molecule has 0 spiro atoms. The molecule has 140 valence electrons. The normalized spacial score (nSPS) is 16.3. The average molecular weight is 366 g/mol. The van der Waals surface area contributed by atoms with E-state index < -0.39 is 17.8 Å². The van der Waals surface area contributed by atoms with Crippen LogP contribution < -0.4 is 10.2 Å². The van der Waals surface area contributed by atoms with E-state index in [0.29, 0.717) is 5.69 Å². The van der Waals surface area contributed by atoms with Gasteiger partial charge in [-0.15, -0.1) is 0 Å². The molecule has 2 amide bonds. The molecule has 0 aromatic heterocycles. The molecule has 3 rings (SSSR count). The monoisotopic (exact) mass is 366 g/mol. The summed E-state index contributed by atoms with van der Waals surface area (Å²) >= 11 is 0. The number of esters is 1. The molecule has 0 radical (unpaired) electrons. The Bertz CT molecular complexity index is 818. The van der Waals surface area contributed by atoms with E-state index in [-0.39, 0.29) is 25.5 Å². The fourth-order valence-corrected chi connectivity index (χ4v) is 3.00. The second-order valence-corrected chi connectivity index (χ2v) is 6.45. The van der Waals surface area contributed by atoms with Crippen molar-refractivity contribution < 1.29 is 19.1 Å². The summed E-state index contributed by atoms with van der Waals surface area (Å²) in [7, 11) is 0. The number of anilines is 2. The number of carbonyl (C=O) groups is 3. The SMILES string of the molecule is CCc1ccc(N2C[C@@H](C(=O)OCC(=O)Nc3ccccc3)CC2=O)cc1. The molecule has 1 heterocycles. The summed E-state index contributed by atoms with van der Waals surface area (Å²) in [6.07, 6.45) is 1.02. The van der Waals surface area contributed by atoms with Gasteiger partial charge in [-0.1, -0.05) is 37.3 Å². The number of hydrogen-bond acceptors (Lipinski definition) is 4. The smallest absolute Gasteiger partial charge is 0.311 e. The Labute approximate surface area is 158 Å². The molecule has 2 aromatic rings. The van der Waals surface area contributed by atoms with E-state index in [1.165, 1.54) is 5.56 Å². The van der Waals surface area contributed by atoms with Crippen molar-refractivity contribution in [3.8, 4) is 0 Å². The van der Waals surface area contributed by atoms with Crippen molar-refractivity contribution in [2.45, 2.75) is 19.8 Å². The van der Waals surface area contributed by atoms with Crippen molar-refractivity contribution in [3.05, 3.63) is 60.2 Å². The van der Waals surface area contributed by atoms with Gasteiger partial charge < -0.3 is 15.0 Å². The molecule has 0 unspecified atom stereocenters. The summed E-state index contributed by atoms with van der Waals surface area (Å²) in [6.45, 7) is 1.96. The first kappa shape index (κ1) is 18.6. The summed E-state index contributed by atoms with van der Waals surface area (Å²) in [6, 6.07) is 16.7. The number of nitrogens with zero attached hydrogens (tertiary/aromatic N) is 1. The van der Waals surface area contributed by atoms with Crippen LogP contribution in [0.15, 0.2) is 54.6 Å². The molecule has 27 heavy (non-hydrogen) atoms. The lowest BCUT2D eigenvalue weighted by Crippen LogP contribution is -2.28.